The smallest absolute Gasteiger partial charge is 0.311 e. The largest absolute Gasteiger partial charge is 0.481 e. The molecule has 1 aliphatic heterocycles. The standard InChI is InChI=1S/C18H26N2O4/c1-5-18(17(23)24)8-7-9-19(11-18)15(21)14-12(3)10-13(4)20(6-2)16(14)22/h10H,5-9,11H2,1-4H3,(H,23,24)/t18-/m1/s1. The Hall–Kier alpha value is -2.11. The summed E-state index contributed by atoms with van der Waals surface area (Å²) >= 11 is 0. The molecule has 6 heteroatoms. The number of carboxylic acid groups (broad SMARTS) is 1. The summed E-state index contributed by atoms with van der Waals surface area (Å²) in [5.74, 6) is -1.22. The van der Waals surface area contributed by atoms with Crippen molar-refractivity contribution in [2.45, 2.75) is 53.5 Å². The van der Waals surface area contributed by atoms with Crippen molar-refractivity contribution in [2.75, 3.05) is 13.1 Å². The second kappa shape index (κ2) is 6.79. The van der Waals surface area contributed by atoms with Crippen LogP contribution in [0.4, 0.5) is 0 Å². The van der Waals surface area contributed by atoms with Crippen molar-refractivity contribution in [3.8, 4) is 0 Å². The number of aliphatic carboxylic acids is 1. The molecule has 1 amide bonds. The number of aryl methyl sites for hydroxylation is 2. The number of piperidine rings is 1. The molecular formula is C18H26N2O4. The number of hydrogen-bond acceptors (Lipinski definition) is 3. The lowest BCUT2D eigenvalue weighted by Gasteiger charge is -2.39. The molecule has 2 rings (SSSR count). The molecule has 24 heavy (non-hydrogen) atoms. The Balaban J connectivity index is 2.43. The third-order valence-corrected chi connectivity index (χ3v) is 5.23. The maximum atomic E-state index is 13.0. The lowest BCUT2D eigenvalue weighted by atomic mass is 9.77. The summed E-state index contributed by atoms with van der Waals surface area (Å²) in [7, 11) is 0. The van der Waals surface area contributed by atoms with Crippen LogP contribution in [0.2, 0.25) is 0 Å². The maximum Gasteiger partial charge on any atom is 0.311 e. The summed E-state index contributed by atoms with van der Waals surface area (Å²) in [6.07, 6.45) is 1.67. The van der Waals surface area contributed by atoms with Crippen LogP contribution in [-0.4, -0.2) is 39.5 Å². The van der Waals surface area contributed by atoms with Crippen molar-refractivity contribution in [3.63, 3.8) is 0 Å². The first-order valence-corrected chi connectivity index (χ1v) is 8.51. The average molecular weight is 334 g/mol. The summed E-state index contributed by atoms with van der Waals surface area (Å²) in [6, 6.07) is 1.84. The highest BCUT2D eigenvalue weighted by molar-refractivity contribution is 5.95. The monoisotopic (exact) mass is 334 g/mol. The summed E-state index contributed by atoms with van der Waals surface area (Å²) in [6.45, 7) is 8.46. The van der Waals surface area contributed by atoms with Gasteiger partial charge in [-0.1, -0.05) is 6.92 Å². The van der Waals surface area contributed by atoms with Crippen LogP contribution in [-0.2, 0) is 11.3 Å². The van der Waals surface area contributed by atoms with E-state index < -0.39 is 11.4 Å². The fourth-order valence-electron chi connectivity index (χ4n) is 3.66. The predicted molar refractivity (Wildman–Crippen MR) is 91.3 cm³/mol. The third kappa shape index (κ3) is 2.97. The molecule has 0 radical (unpaired) electrons. The Kier molecular flexibility index (Phi) is 5.16. The zero-order valence-corrected chi connectivity index (χ0v) is 14.9. The van der Waals surface area contributed by atoms with Crippen molar-refractivity contribution in [3.05, 3.63) is 33.2 Å². The summed E-state index contributed by atoms with van der Waals surface area (Å²) in [4.78, 5) is 38.9. The molecule has 0 aromatic carbocycles. The van der Waals surface area contributed by atoms with Crippen LogP contribution < -0.4 is 5.56 Å². The molecule has 0 aliphatic carbocycles. The SMILES string of the molecule is CCn1c(C)cc(C)c(C(=O)N2CCC[C@@](CC)(C(=O)O)C2)c1=O. The van der Waals surface area contributed by atoms with Gasteiger partial charge in [-0.15, -0.1) is 0 Å². The number of pyridine rings is 1. The molecule has 1 atom stereocenters. The van der Waals surface area contributed by atoms with Gasteiger partial charge in [0, 0.05) is 25.3 Å². The number of hydrogen-bond donors (Lipinski definition) is 1. The van der Waals surface area contributed by atoms with Gasteiger partial charge in [-0.05, 0) is 51.7 Å². The van der Waals surface area contributed by atoms with Gasteiger partial charge < -0.3 is 14.6 Å². The van der Waals surface area contributed by atoms with Crippen molar-refractivity contribution in [1.82, 2.24) is 9.47 Å². The van der Waals surface area contributed by atoms with Gasteiger partial charge in [0.05, 0.1) is 5.41 Å². The van der Waals surface area contributed by atoms with Crippen LogP contribution in [0.25, 0.3) is 0 Å². The van der Waals surface area contributed by atoms with Gasteiger partial charge in [-0.3, -0.25) is 14.4 Å². The molecule has 1 N–H and O–H groups in total. The molecule has 0 bridgehead atoms. The molecule has 0 saturated carbocycles. The van der Waals surface area contributed by atoms with Crippen LogP contribution >= 0.6 is 0 Å². The molecule has 1 aromatic rings. The summed E-state index contributed by atoms with van der Waals surface area (Å²) in [5.41, 5.74) is 0.442. The zero-order valence-electron chi connectivity index (χ0n) is 14.9. The number of amides is 1. The topological polar surface area (TPSA) is 79.6 Å². The highest BCUT2D eigenvalue weighted by atomic mass is 16.4. The fraction of sp³-hybridized carbons (Fsp3) is 0.611. The van der Waals surface area contributed by atoms with Gasteiger partial charge in [-0.2, -0.15) is 0 Å². The molecule has 0 unspecified atom stereocenters. The maximum absolute atomic E-state index is 13.0. The van der Waals surface area contributed by atoms with Crippen LogP contribution in [0.15, 0.2) is 10.9 Å². The quantitative estimate of drug-likeness (QED) is 0.915. The molecule has 2 heterocycles. The number of carboxylic acids is 1. The molecule has 6 nitrogen and oxygen atoms in total. The second-order valence-electron chi connectivity index (χ2n) is 6.66. The number of carbonyl (C=O) groups is 2. The van der Waals surface area contributed by atoms with Crippen LogP contribution in [0.5, 0.6) is 0 Å². The van der Waals surface area contributed by atoms with E-state index in [1.807, 2.05) is 26.8 Å². The zero-order chi connectivity index (χ0) is 18.1. The highest BCUT2D eigenvalue weighted by Crippen LogP contribution is 2.34. The van der Waals surface area contributed by atoms with Crippen molar-refractivity contribution in [2.24, 2.45) is 5.41 Å². The predicted octanol–water partition coefficient (Wildman–Crippen LogP) is 2.20. The minimum Gasteiger partial charge on any atom is -0.481 e. The Bertz CT molecular complexity index is 722. The van der Waals surface area contributed by atoms with E-state index in [0.29, 0.717) is 37.9 Å². The minimum absolute atomic E-state index is 0.163. The first-order valence-electron chi connectivity index (χ1n) is 8.51. The van der Waals surface area contributed by atoms with E-state index in [4.69, 9.17) is 0 Å². The Morgan fingerprint density at radius 2 is 1.96 bits per heavy atom. The number of carbonyl (C=O) groups excluding carboxylic acids is 1. The Labute approximate surface area is 142 Å². The van der Waals surface area contributed by atoms with E-state index in [1.54, 1.807) is 16.4 Å². The molecule has 1 aliphatic rings. The number of nitrogens with zero attached hydrogens (tertiary/aromatic N) is 2. The van der Waals surface area contributed by atoms with Crippen molar-refractivity contribution < 1.29 is 14.7 Å². The molecule has 0 spiro atoms. The normalized spacial score (nSPS) is 20.9. The van der Waals surface area contributed by atoms with Gasteiger partial charge in [0.25, 0.3) is 11.5 Å². The van der Waals surface area contributed by atoms with Gasteiger partial charge in [0.15, 0.2) is 0 Å². The highest BCUT2D eigenvalue weighted by Gasteiger charge is 2.42. The summed E-state index contributed by atoms with van der Waals surface area (Å²) in [5, 5.41) is 9.58. The summed E-state index contributed by atoms with van der Waals surface area (Å²) < 4.78 is 1.58. The Morgan fingerprint density at radius 3 is 2.50 bits per heavy atom. The van der Waals surface area contributed by atoms with Crippen molar-refractivity contribution >= 4 is 11.9 Å². The fourth-order valence-corrected chi connectivity index (χ4v) is 3.66. The first kappa shape index (κ1) is 18.2. The lowest BCUT2D eigenvalue weighted by Crippen LogP contribution is -2.50. The van der Waals surface area contributed by atoms with E-state index >= 15 is 0 Å². The Morgan fingerprint density at radius 1 is 1.29 bits per heavy atom. The van der Waals surface area contributed by atoms with E-state index in [0.717, 1.165) is 5.69 Å². The second-order valence-corrected chi connectivity index (χ2v) is 6.66. The van der Waals surface area contributed by atoms with E-state index in [1.165, 1.54) is 0 Å². The van der Waals surface area contributed by atoms with Gasteiger partial charge in [0.1, 0.15) is 5.56 Å². The number of likely N-dealkylation sites (tertiary alicyclic amines) is 1. The minimum atomic E-state index is -0.906. The molecular weight excluding hydrogens is 308 g/mol. The van der Waals surface area contributed by atoms with Crippen LogP contribution in [0.1, 0.15) is 54.7 Å². The molecule has 1 fully saturated rings. The van der Waals surface area contributed by atoms with E-state index in [2.05, 4.69) is 0 Å². The first-order chi connectivity index (χ1) is 11.3. The lowest BCUT2D eigenvalue weighted by molar-refractivity contribution is -0.152. The van der Waals surface area contributed by atoms with Gasteiger partial charge in [0.2, 0.25) is 0 Å². The van der Waals surface area contributed by atoms with E-state index in [-0.39, 0.29) is 23.6 Å². The molecule has 1 aromatic heterocycles. The third-order valence-electron chi connectivity index (χ3n) is 5.23. The van der Waals surface area contributed by atoms with Gasteiger partial charge in [-0.25, -0.2) is 0 Å². The van der Waals surface area contributed by atoms with Crippen molar-refractivity contribution in [1.29, 1.82) is 0 Å². The number of aromatic nitrogens is 1. The van der Waals surface area contributed by atoms with Crippen LogP contribution in [0, 0.1) is 19.3 Å². The average Bonchev–Trinajstić information content (AvgIpc) is 2.54. The molecule has 132 valence electrons. The molecule has 1 saturated heterocycles. The van der Waals surface area contributed by atoms with Gasteiger partial charge >= 0.3 is 5.97 Å². The van der Waals surface area contributed by atoms with Crippen LogP contribution in [0.3, 0.4) is 0 Å². The van der Waals surface area contributed by atoms with E-state index in [9.17, 15) is 19.5 Å². The number of rotatable bonds is 4.